The zero-order chi connectivity index (χ0) is 24.4. The molecule has 0 saturated carbocycles. The number of aromatic nitrogens is 6. The highest BCUT2D eigenvalue weighted by Gasteiger charge is 2.22. The minimum atomic E-state index is -2.96. The van der Waals surface area contributed by atoms with Crippen molar-refractivity contribution < 1.29 is 8.42 Å². The van der Waals surface area contributed by atoms with Crippen LogP contribution in [0, 0.1) is 0 Å². The second-order valence-electron chi connectivity index (χ2n) is 8.79. The Morgan fingerprint density at radius 1 is 1.17 bits per heavy atom. The van der Waals surface area contributed by atoms with Crippen molar-refractivity contribution in [3.63, 3.8) is 0 Å². The number of hydrogen-bond acceptors (Lipinski definition) is 9. The van der Waals surface area contributed by atoms with Crippen molar-refractivity contribution in [1.29, 1.82) is 0 Å². The molecule has 35 heavy (non-hydrogen) atoms. The number of piperidine rings is 1. The summed E-state index contributed by atoms with van der Waals surface area (Å²) in [5.74, 6) is 0.611. The van der Waals surface area contributed by atoms with Gasteiger partial charge in [0.1, 0.15) is 22.0 Å². The summed E-state index contributed by atoms with van der Waals surface area (Å²) in [6.45, 7) is 2.21. The summed E-state index contributed by atoms with van der Waals surface area (Å²) in [6.07, 6.45) is 13.1. The van der Waals surface area contributed by atoms with Crippen LogP contribution >= 0.6 is 0 Å². The van der Waals surface area contributed by atoms with E-state index in [0.717, 1.165) is 42.6 Å². The number of nitrogens with zero attached hydrogens (tertiary/aromatic N) is 6. The number of fused-ring (bicyclic) bond motifs is 1. The Morgan fingerprint density at radius 3 is 2.69 bits per heavy atom. The Bertz CT molecular complexity index is 1490. The van der Waals surface area contributed by atoms with Gasteiger partial charge in [0.05, 0.1) is 34.8 Å². The van der Waals surface area contributed by atoms with E-state index in [2.05, 4.69) is 30.3 Å². The van der Waals surface area contributed by atoms with Crippen molar-refractivity contribution in [3.8, 4) is 11.3 Å². The van der Waals surface area contributed by atoms with Crippen LogP contribution in [-0.4, -0.2) is 74.7 Å². The Kier molecular flexibility index (Phi) is 6.31. The van der Waals surface area contributed by atoms with Gasteiger partial charge in [-0.3, -0.25) is 9.48 Å². The van der Waals surface area contributed by atoms with E-state index >= 15 is 0 Å². The summed E-state index contributed by atoms with van der Waals surface area (Å²) in [7, 11) is -2.96. The Labute approximate surface area is 202 Å². The van der Waals surface area contributed by atoms with Crippen LogP contribution in [0.5, 0.6) is 0 Å². The van der Waals surface area contributed by atoms with Gasteiger partial charge < -0.3 is 15.2 Å². The van der Waals surface area contributed by atoms with Crippen molar-refractivity contribution in [2.24, 2.45) is 0 Å². The number of aromatic amines is 1. The molecule has 4 aromatic rings. The molecule has 0 unspecified atom stereocenters. The van der Waals surface area contributed by atoms with Gasteiger partial charge in [0.25, 0.3) is 5.56 Å². The van der Waals surface area contributed by atoms with E-state index in [4.69, 9.17) is 4.98 Å². The van der Waals surface area contributed by atoms with Gasteiger partial charge >= 0.3 is 0 Å². The van der Waals surface area contributed by atoms with E-state index in [-0.39, 0.29) is 17.4 Å². The third-order valence-electron chi connectivity index (χ3n) is 6.18. The van der Waals surface area contributed by atoms with E-state index in [0.29, 0.717) is 23.4 Å². The molecular weight excluding hydrogens is 468 g/mol. The molecule has 5 rings (SSSR count). The van der Waals surface area contributed by atoms with Crippen molar-refractivity contribution in [2.75, 3.05) is 37.0 Å². The van der Waals surface area contributed by atoms with E-state index in [1.165, 1.54) is 12.6 Å². The van der Waals surface area contributed by atoms with Crippen molar-refractivity contribution in [1.82, 2.24) is 34.6 Å². The first kappa shape index (κ1) is 23.1. The van der Waals surface area contributed by atoms with Crippen LogP contribution in [-0.2, 0) is 9.84 Å². The predicted octanol–water partition coefficient (Wildman–Crippen LogP) is 2.00. The molecule has 1 aliphatic rings. The highest BCUT2D eigenvalue weighted by Crippen LogP contribution is 2.28. The van der Waals surface area contributed by atoms with Gasteiger partial charge in [0, 0.05) is 56.2 Å². The highest BCUT2D eigenvalue weighted by atomic mass is 32.2. The number of anilines is 2. The number of pyridine rings is 2. The molecule has 0 atom stereocenters. The molecule has 0 bridgehead atoms. The smallest absolute Gasteiger partial charge is 0.259 e. The minimum Gasteiger partial charge on any atom is -0.337 e. The maximum Gasteiger partial charge on any atom is 0.259 e. The molecule has 5 heterocycles. The van der Waals surface area contributed by atoms with Gasteiger partial charge in [0.15, 0.2) is 0 Å². The molecular formula is C23H26N8O3S. The summed E-state index contributed by atoms with van der Waals surface area (Å²) in [4.78, 5) is 30.3. The molecule has 0 aliphatic carbocycles. The van der Waals surface area contributed by atoms with E-state index < -0.39 is 9.84 Å². The maximum atomic E-state index is 12.6. The second-order valence-corrected chi connectivity index (χ2v) is 11.1. The van der Waals surface area contributed by atoms with Crippen LogP contribution in [0.3, 0.4) is 0 Å². The number of H-pyrrole nitrogens is 1. The molecule has 12 heteroatoms. The fourth-order valence-corrected chi connectivity index (χ4v) is 4.92. The molecule has 0 amide bonds. The quantitative estimate of drug-likeness (QED) is 0.395. The summed E-state index contributed by atoms with van der Waals surface area (Å²) < 4.78 is 24.8. The van der Waals surface area contributed by atoms with Gasteiger partial charge in [-0.05, 0) is 30.4 Å². The van der Waals surface area contributed by atoms with Gasteiger partial charge in [-0.2, -0.15) is 5.10 Å². The van der Waals surface area contributed by atoms with Crippen LogP contribution in [0.2, 0.25) is 0 Å². The molecule has 1 saturated heterocycles. The van der Waals surface area contributed by atoms with Gasteiger partial charge in [-0.15, -0.1) is 0 Å². The fourth-order valence-electron chi connectivity index (χ4n) is 4.33. The molecule has 11 nitrogen and oxygen atoms in total. The normalized spacial score (nSPS) is 15.5. The monoisotopic (exact) mass is 494 g/mol. The average Bonchev–Trinajstić information content (AvgIpc) is 3.31. The summed E-state index contributed by atoms with van der Waals surface area (Å²) >= 11 is 0. The summed E-state index contributed by atoms with van der Waals surface area (Å²) in [5.41, 5.74) is 1.89. The minimum absolute atomic E-state index is 0.182. The first-order chi connectivity index (χ1) is 16.9. The van der Waals surface area contributed by atoms with E-state index in [9.17, 15) is 13.2 Å². The lowest BCUT2D eigenvalue weighted by molar-refractivity contribution is 0.188. The maximum absolute atomic E-state index is 12.6. The number of sulfone groups is 1. The third kappa shape index (κ3) is 5.38. The van der Waals surface area contributed by atoms with Crippen molar-refractivity contribution in [2.45, 2.75) is 18.9 Å². The number of rotatable bonds is 7. The third-order valence-corrected chi connectivity index (χ3v) is 7.11. The fraction of sp³-hybridized carbons (Fsp3) is 0.348. The SMILES string of the molecule is CS(=O)(=O)CCN1CCC(n2cc(Nc3nc(-c4cncnc4)cc4cc[nH]c(=O)c34)cn2)CC1. The van der Waals surface area contributed by atoms with Crippen LogP contribution in [0.1, 0.15) is 18.9 Å². The average molecular weight is 495 g/mol. The number of likely N-dealkylation sites (tertiary alicyclic amines) is 1. The Hall–Kier alpha value is -3.64. The van der Waals surface area contributed by atoms with E-state index in [1.54, 1.807) is 24.8 Å². The topological polar surface area (TPSA) is 139 Å². The number of hydrogen-bond donors (Lipinski definition) is 2. The second kappa shape index (κ2) is 9.55. The molecule has 2 N–H and O–H groups in total. The first-order valence-corrected chi connectivity index (χ1v) is 13.4. The molecule has 0 aromatic carbocycles. The Morgan fingerprint density at radius 2 is 1.94 bits per heavy atom. The lowest BCUT2D eigenvalue weighted by Crippen LogP contribution is -2.37. The first-order valence-electron chi connectivity index (χ1n) is 11.3. The van der Waals surface area contributed by atoms with Crippen molar-refractivity contribution in [3.05, 3.63) is 59.8 Å². The molecule has 182 valence electrons. The zero-order valence-corrected chi connectivity index (χ0v) is 20.1. The van der Waals surface area contributed by atoms with Gasteiger partial charge in [-0.25, -0.2) is 23.4 Å². The molecule has 4 aromatic heterocycles. The highest BCUT2D eigenvalue weighted by molar-refractivity contribution is 7.90. The summed E-state index contributed by atoms with van der Waals surface area (Å²) in [6, 6.07) is 3.90. The molecule has 0 radical (unpaired) electrons. The van der Waals surface area contributed by atoms with Crippen LogP contribution in [0.15, 0.2) is 54.2 Å². The lowest BCUT2D eigenvalue weighted by atomic mass is 10.1. The van der Waals surface area contributed by atoms with Crippen molar-refractivity contribution >= 4 is 32.1 Å². The lowest BCUT2D eigenvalue weighted by Gasteiger charge is -2.31. The summed E-state index contributed by atoms with van der Waals surface area (Å²) in [5, 5.41) is 9.01. The Balaban J connectivity index is 1.35. The van der Waals surface area contributed by atoms with Gasteiger partial charge in [-0.1, -0.05) is 0 Å². The van der Waals surface area contributed by atoms with Crippen LogP contribution in [0.25, 0.3) is 22.0 Å². The largest absolute Gasteiger partial charge is 0.337 e. The molecule has 1 aliphatic heterocycles. The van der Waals surface area contributed by atoms with Crippen LogP contribution < -0.4 is 10.9 Å². The van der Waals surface area contributed by atoms with Crippen LogP contribution in [0.4, 0.5) is 11.5 Å². The predicted molar refractivity (Wildman–Crippen MR) is 133 cm³/mol. The van der Waals surface area contributed by atoms with E-state index in [1.807, 2.05) is 23.0 Å². The molecule has 0 spiro atoms. The molecule has 1 fully saturated rings. The standard InChI is InChI=1S/C23H26N8O3S/c1-35(33,34)9-8-30-6-3-19(4-7-30)31-14-18(13-27-31)28-22-21-16(2-5-26-23(21)32)10-20(29-22)17-11-24-15-25-12-17/h2,5,10-15,19H,3-4,6-9H2,1H3,(H,26,32)(H,28,29). The van der Waals surface area contributed by atoms with Gasteiger partial charge in [0.2, 0.25) is 0 Å². The zero-order valence-electron chi connectivity index (χ0n) is 19.3. The number of nitrogens with one attached hydrogen (secondary N) is 2.